The SMILES string of the molecule is O=c1oc2ccccc2n1CCSc1ccc(Cl)nn1. The van der Waals surface area contributed by atoms with E-state index in [0.717, 1.165) is 10.5 Å². The van der Waals surface area contributed by atoms with Crippen LogP contribution in [0.3, 0.4) is 0 Å². The monoisotopic (exact) mass is 307 g/mol. The van der Waals surface area contributed by atoms with Crippen LogP contribution in [0.1, 0.15) is 0 Å². The summed E-state index contributed by atoms with van der Waals surface area (Å²) in [6.07, 6.45) is 0. The van der Waals surface area contributed by atoms with Gasteiger partial charge in [-0.3, -0.25) is 4.57 Å². The summed E-state index contributed by atoms with van der Waals surface area (Å²) in [4.78, 5) is 11.8. The largest absolute Gasteiger partial charge is 0.419 e. The van der Waals surface area contributed by atoms with Crippen LogP contribution in [0, 0.1) is 0 Å². The molecule has 0 saturated carbocycles. The third-order valence-corrected chi connectivity index (χ3v) is 3.85. The lowest BCUT2D eigenvalue weighted by Crippen LogP contribution is -2.15. The van der Waals surface area contributed by atoms with E-state index in [0.29, 0.717) is 23.0 Å². The zero-order chi connectivity index (χ0) is 13.9. The number of fused-ring (bicyclic) bond motifs is 1. The lowest BCUT2D eigenvalue weighted by atomic mass is 10.3. The summed E-state index contributed by atoms with van der Waals surface area (Å²) in [5.74, 6) is 0.355. The van der Waals surface area contributed by atoms with Crippen molar-refractivity contribution in [2.45, 2.75) is 11.6 Å². The van der Waals surface area contributed by atoms with Crippen molar-refractivity contribution in [2.75, 3.05) is 5.75 Å². The van der Waals surface area contributed by atoms with Crippen LogP contribution in [-0.4, -0.2) is 20.5 Å². The number of oxazole rings is 1. The van der Waals surface area contributed by atoms with E-state index in [1.807, 2.05) is 18.2 Å². The first-order chi connectivity index (χ1) is 9.74. The molecule has 0 amide bonds. The molecule has 0 fully saturated rings. The summed E-state index contributed by atoms with van der Waals surface area (Å²) >= 11 is 7.18. The molecule has 0 unspecified atom stereocenters. The topological polar surface area (TPSA) is 60.9 Å². The van der Waals surface area contributed by atoms with Crippen molar-refractivity contribution in [1.82, 2.24) is 14.8 Å². The van der Waals surface area contributed by atoms with Crippen LogP contribution in [0.2, 0.25) is 5.15 Å². The fraction of sp³-hybridized carbons (Fsp3) is 0.154. The van der Waals surface area contributed by atoms with Gasteiger partial charge < -0.3 is 4.42 Å². The summed E-state index contributed by atoms with van der Waals surface area (Å²) in [6, 6.07) is 10.9. The molecule has 5 nitrogen and oxygen atoms in total. The van der Waals surface area contributed by atoms with E-state index in [4.69, 9.17) is 16.0 Å². The molecule has 0 atom stereocenters. The maximum Gasteiger partial charge on any atom is 0.419 e. The molecule has 0 N–H and O–H groups in total. The Kier molecular flexibility index (Phi) is 3.75. The highest BCUT2D eigenvalue weighted by molar-refractivity contribution is 7.99. The van der Waals surface area contributed by atoms with Gasteiger partial charge >= 0.3 is 5.76 Å². The van der Waals surface area contributed by atoms with Gasteiger partial charge in [0, 0.05) is 12.3 Å². The van der Waals surface area contributed by atoms with Gasteiger partial charge in [0.15, 0.2) is 10.7 Å². The van der Waals surface area contributed by atoms with Gasteiger partial charge in [0.2, 0.25) is 0 Å². The molecule has 2 heterocycles. The second-order valence-corrected chi connectivity index (χ2v) is 5.53. The molecule has 1 aromatic carbocycles. The Balaban J connectivity index is 1.72. The maximum absolute atomic E-state index is 11.8. The minimum Gasteiger partial charge on any atom is -0.408 e. The smallest absolute Gasteiger partial charge is 0.408 e. The third-order valence-electron chi connectivity index (χ3n) is 2.75. The van der Waals surface area contributed by atoms with E-state index in [1.165, 1.54) is 11.8 Å². The molecule has 2 aromatic heterocycles. The van der Waals surface area contributed by atoms with Crippen molar-refractivity contribution in [3.63, 3.8) is 0 Å². The first-order valence-corrected chi connectivity index (χ1v) is 7.31. The standard InChI is InChI=1S/C13H10ClN3O2S/c14-11-5-6-12(16-15-11)20-8-7-17-9-3-1-2-4-10(9)19-13(17)18/h1-6H,7-8H2. The molecule has 3 aromatic rings. The van der Waals surface area contributed by atoms with Gasteiger partial charge in [-0.05, 0) is 24.3 Å². The zero-order valence-corrected chi connectivity index (χ0v) is 11.9. The van der Waals surface area contributed by atoms with E-state index in [9.17, 15) is 4.79 Å². The van der Waals surface area contributed by atoms with Gasteiger partial charge in [-0.15, -0.1) is 22.0 Å². The Morgan fingerprint density at radius 1 is 1.20 bits per heavy atom. The Bertz CT molecular complexity index is 782. The molecule has 0 spiro atoms. The van der Waals surface area contributed by atoms with Crippen LogP contribution in [0.15, 0.2) is 50.6 Å². The quantitative estimate of drug-likeness (QED) is 0.694. The molecule has 0 bridgehead atoms. The highest BCUT2D eigenvalue weighted by atomic mass is 35.5. The molecule has 7 heteroatoms. The van der Waals surface area contributed by atoms with Crippen molar-refractivity contribution in [3.8, 4) is 0 Å². The summed E-state index contributed by atoms with van der Waals surface area (Å²) in [7, 11) is 0. The Morgan fingerprint density at radius 3 is 2.85 bits per heavy atom. The number of hydrogen-bond donors (Lipinski definition) is 0. The highest BCUT2D eigenvalue weighted by Gasteiger charge is 2.08. The van der Waals surface area contributed by atoms with Crippen LogP contribution < -0.4 is 5.76 Å². The predicted octanol–water partition coefficient (Wildman–Crippen LogP) is 2.83. The van der Waals surface area contributed by atoms with Crippen LogP contribution in [0.5, 0.6) is 0 Å². The summed E-state index contributed by atoms with van der Waals surface area (Å²) in [5, 5.41) is 8.86. The van der Waals surface area contributed by atoms with E-state index >= 15 is 0 Å². The molecule has 0 aliphatic carbocycles. The number of para-hydroxylation sites is 2. The number of thioether (sulfide) groups is 1. The van der Waals surface area contributed by atoms with E-state index < -0.39 is 0 Å². The third kappa shape index (κ3) is 2.71. The first kappa shape index (κ1) is 13.2. The Morgan fingerprint density at radius 2 is 2.05 bits per heavy atom. The molecular weight excluding hydrogens is 298 g/mol. The van der Waals surface area contributed by atoms with Crippen LogP contribution in [0.25, 0.3) is 11.1 Å². The normalized spacial score (nSPS) is 11.1. The van der Waals surface area contributed by atoms with Gasteiger partial charge in [-0.25, -0.2) is 4.79 Å². The van der Waals surface area contributed by atoms with E-state index in [-0.39, 0.29) is 5.76 Å². The molecule has 0 aliphatic heterocycles. The van der Waals surface area contributed by atoms with Gasteiger partial charge in [0.25, 0.3) is 0 Å². The fourth-order valence-electron chi connectivity index (χ4n) is 1.85. The van der Waals surface area contributed by atoms with Crippen LogP contribution in [0.4, 0.5) is 0 Å². The van der Waals surface area contributed by atoms with Crippen molar-refractivity contribution in [1.29, 1.82) is 0 Å². The zero-order valence-electron chi connectivity index (χ0n) is 10.3. The predicted molar refractivity (Wildman–Crippen MR) is 78.2 cm³/mol. The summed E-state index contributed by atoms with van der Waals surface area (Å²) < 4.78 is 6.79. The number of rotatable bonds is 4. The minimum atomic E-state index is -0.339. The lowest BCUT2D eigenvalue weighted by molar-refractivity contribution is 0.514. The molecule has 3 rings (SSSR count). The van der Waals surface area contributed by atoms with Crippen molar-refractivity contribution in [3.05, 3.63) is 52.1 Å². The number of aromatic nitrogens is 3. The lowest BCUT2D eigenvalue weighted by Gasteiger charge is -2.01. The Labute approximate surface area is 123 Å². The average molecular weight is 308 g/mol. The second-order valence-electron chi connectivity index (χ2n) is 4.03. The van der Waals surface area contributed by atoms with Crippen molar-refractivity contribution >= 4 is 34.5 Å². The molecule has 0 aliphatic rings. The number of nitrogens with zero attached hydrogens (tertiary/aromatic N) is 3. The van der Waals surface area contributed by atoms with Gasteiger partial charge in [-0.1, -0.05) is 23.7 Å². The number of benzene rings is 1. The summed E-state index contributed by atoms with van der Waals surface area (Å²) in [6.45, 7) is 0.546. The van der Waals surface area contributed by atoms with Crippen molar-refractivity contribution < 1.29 is 4.42 Å². The fourth-order valence-corrected chi connectivity index (χ4v) is 2.69. The number of aryl methyl sites for hydroxylation is 1. The second kappa shape index (κ2) is 5.68. The van der Waals surface area contributed by atoms with Gasteiger partial charge in [0.05, 0.1) is 5.52 Å². The molecular formula is C13H10ClN3O2S. The van der Waals surface area contributed by atoms with Gasteiger partial charge in [-0.2, -0.15) is 0 Å². The first-order valence-electron chi connectivity index (χ1n) is 5.94. The maximum atomic E-state index is 11.8. The average Bonchev–Trinajstić information content (AvgIpc) is 2.77. The molecule has 102 valence electrons. The van der Waals surface area contributed by atoms with E-state index in [2.05, 4.69) is 10.2 Å². The minimum absolute atomic E-state index is 0.339. The van der Waals surface area contributed by atoms with Crippen LogP contribution >= 0.6 is 23.4 Å². The van der Waals surface area contributed by atoms with E-state index in [1.54, 1.807) is 22.8 Å². The molecule has 20 heavy (non-hydrogen) atoms. The Hall–Kier alpha value is -1.79. The molecule has 0 saturated heterocycles. The molecule has 0 radical (unpaired) electrons. The van der Waals surface area contributed by atoms with Crippen molar-refractivity contribution in [2.24, 2.45) is 0 Å². The van der Waals surface area contributed by atoms with Gasteiger partial charge in [0.1, 0.15) is 5.03 Å². The summed E-state index contributed by atoms with van der Waals surface area (Å²) in [5.41, 5.74) is 1.41. The highest BCUT2D eigenvalue weighted by Crippen LogP contribution is 2.17. The van der Waals surface area contributed by atoms with Crippen LogP contribution in [-0.2, 0) is 6.54 Å². The number of hydrogen-bond acceptors (Lipinski definition) is 5. The number of halogens is 1.